The van der Waals surface area contributed by atoms with Crippen molar-refractivity contribution in [2.75, 3.05) is 20.1 Å². The molecule has 0 fully saturated rings. The van der Waals surface area contributed by atoms with Gasteiger partial charge in [0.1, 0.15) is 0 Å². The molecule has 2 nitrogen and oxygen atoms in total. The van der Waals surface area contributed by atoms with Gasteiger partial charge in [-0.05, 0) is 31.5 Å². The molecule has 1 rings (SSSR count). The molecular weight excluding hydrogens is 184 g/mol. The van der Waals surface area contributed by atoms with Crippen molar-refractivity contribution in [3.63, 3.8) is 0 Å². The van der Waals surface area contributed by atoms with Crippen LogP contribution >= 0.6 is 0 Å². The van der Waals surface area contributed by atoms with Crippen molar-refractivity contribution in [1.29, 1.82) is 0 Å². The Bertz CT molecular complexity index is 280. The van der Waals surface area contributed by atoms with Crippen molar-refractivity contribution in [3.05, 3.63) is 35.9 Å². The highest BCUT2D eigenvalue weighted by molar-refractivity contribution is 5.79. The van der Waals surface area contributed by atoms with Gasteiger partial charge in [-0.2, -0.15) is 0 Å². The van der Waals surface area contributed by atoms with Crippen LogP contribution < -0.4 is 5.32 Å². The number of hydrogen-bond acceptors (Lipinski definition) is 2. The van der Waals surface area contributed by atoms with Gasteiger partial charge in [0, 0.05) is 12.8 Å². The van der Waals surface area contributed by atoms with Gasteiger partial charge in [-0.15, -0.1) is 0 Å². The summed E-state index contributed by atoms with van der Waals surface area (Å²) in [5, 5.41) is 3.15. The van der Waals surface area contributed by atoms with E-state index in [-0.39, 0.29) is 0 Å². The predicted molar refractivity (Wildman–Crippen MR) is 66.6 cm³/mol. The van der Waals surface area contributed by atoms with Crippen LogP contribution in [0.1, 0.15) is 18.9 Å². The summed E-state index contributed by atoms with van der Waals surface area (Å²) in [6, 6.07) is 10.2. The van der Waals surface area contributed by atoms with Gasteiger partial charge in [0.2, 0.25) is 0 Å². The maximum absolute atomic E-state index is 4.44. The summed E-state index contributed by atoms with van der Waals surface area (Å²) in [5.41, 5.74) is 1.18. The Labute approximate surface area is 92.4 Å². The van der Waals surface area contributed by atoms with Gasteiger partial charge in [-0.25, -0.2) is 0 Å². The first-order valence-corrected chi connectivity index (χ1v) is 5.52. The summed E-state index contributed by atoms with van der Waals surface area (Å²) in [6.45, 7) is 4.22. The quantitative estimate of drug-likeness (QED) is 0.707. The van der Waals surface area contributed by atoms with E-state index in [0.29, 0.717) is 5.92 Å². The smallest absolute Gasteiger partial charge is 0.0415 e. The van der Waals surface area contributed by atoms with Crippen molar-refractivity contribution in [3.8, 4) is 0 Å². The van der Waals surface area contributed by atoms with Gasteiger partial charge in [0.15, 0.2) is 0 Å². The first-order valence-electron chi connectivity index (χ1n) is 5.52. The summed E-state index contributed by atoms with van der Waals surface area (Å²) in [4.78, 5) is 4.44. The fraction of sp³-hybridized carbons (Fsp3) is 0.462. The molecule has 2 heteroatoms. The molecule has 1 unspecified atom stereocenters. The lowest BCUT2D eigenvalue weighted by Crippen LogP contribution is -2.13. The third kappa shape index (κ3) is 5.33. The summed E-state index contributed by atoms with van der Waals surface area (Å²) in [5.74, 6) is 0.650. The molecule has 0 spiro atoms. The lowest BCUT2D eigenvalue weighted by atomic mass is 10.1. The molecule has 0 amide bonds. The van der Waals surface area contributed by atoms with E-state index in [2.05, 4.69) is 29.4 Å². The molecule has 0 aliphatic carbocycles. The topological polar surface area (TPSA) is 24.4 Å². The molecule has 0 radical (unpaired) electrons. The lowest BCUT2D eigenvalue weighted by Gasteiger charge is -2.06. The number of nitrogens with zero attached hydrogens (tertiary/aromatic N) is 1. The standard InChI is InChI=1S/C13H20N2/c1-12(8-9-14-2)10-15-11-13-6-4-3-5-7-13/h3-7,11-12,14H,8-10H2,1-2H3. The Morgan fingerprint density at radius 3 is 2.73 bits per heavy atom. The van der Waals surface area contributed by atoms with Crippen LogP contribution in [0.5, 0.6) is 0 Å². The van der Waals surface area contributed by atoms with Gasteiger partial charge in [0.25, 0.3) is 0 Å². The van der Waals surface area contributed by atoms with Crippen molar-refractivity contribution in [1.82, 2.24) is 5.32 Å². The monoisotopic (exact) mass is 204 g/mol. The second-order valence-electron chi connectivity index (χ2n) is 3.90. The van der Waals surface area contributed by atoms with Gasteiger partial charge >= 0.3 is 0 Å². The number of aliphatic imine (C=N–C) groups is 1. The number of nitrogens with one attached hydrogen (secondary N) is 1. The number of hydrogen-bond donors (Lipinski definition) is 1. The molecule has 0 heterocycles. The summed E-state index contributed by atoms with van der Waals surface area (Å²) in [7, 11) is 1.99. The van der Waals surface area contributed by atoms with Crippen LogP contribution in [0.2, 0.25) is 0 Å². The van der Waals surface area contributed by atoms with Gasteiger partial charge in [0.05, 0.1) is 0 Å². The minimum absolute atomic E-state index is 0.650. The zero-order valence-corrected chi connectivity index (χ0v) is 9.61. The molecule has 0 bridgehead atoms. The highest BCUT2D eigenvalue weighted by Gasteiger charge is 1.98. The fourth-order valence-corrected chi connectivity index (χ4v) is 1.36. The van der Waals surface area contributed by atoms with E-state index in [1.54, 1.807) is 0 Å². The predicted octanol–water partition coefficient (Wildman–Crippen LogP) is 2.35. The number of rotatable bonds is 6. The van der Waals surface area contributed by atoms with Gasteiger partial charge < -0.3 is 5.32 Å². The Morgan fingerprint density at radius 1 is 1.33 bits per heavy atom. The first kappa shape index (κ1) is 11.9. The third-order valence-electron chi connectivity index (χ3n) is 2.34. The largest absolute Gasteiger partial charge is 0.320 e. The molecule has 0 saturated heterocycles. The average molecular weight is 204 g/mol. The highest BCUT2D eigenvalue weighted by Crippen LogP contribution is 2.01. The fourth-order valence-electron chi connectivity index (χ4n) is 1.36. The Morgan fingerprint density at radius 2 is 2.07 bits per heavy atom. The lowest BCUT2D eigenvalue weighted by molar-refractivity contribution is 0.529. The number of benzene rings is 1. The molecular formula is C13H20N2. The van der Waals surface area contributed by atoms with Crippen molar-refractivity contribution in [2.45, 2.75) is 13.3 Å². The van der Waals surface area contributed by atoms with Crippen LogP contribution in [0.4, 0.5) is 0 Å². The zero-order chi connectivity index (χ0) is 10.9. The second kappa shape index (κ2) is 7.18. The van der Waals surface area contributed by atoms with E-state index in [9.17, 15) is 0 Å². The second-order valence-corrected chi connectivity index (χ2v) is 3.90. The van der Waals surface area contributed by atoms with E-state index in [1.807, 2.05) is 31.5 Å². The van der Waals surface area contributed by atoms with E-state index in [1.165, 1.54) is 12.0 Å². The Balaban J connectivity index is 2.27. The highest BCUT2D eigenvalue weighted by atomic mass is 14.8. The third-order valence-corrected chi connectivity index (χ3v) is 2.34. The van der Waals surface area contributed by atoms with Crippen LogP contribution in [0.3, 0.4) is 0 Å². The van der Waals surface area contributed by atoms with E-state index in [0.717, 1.165) is 13.1 Å². The molecule has 1 aromatic rings. The van der Waals surface area contributed by atoms with Crippen LogP contribution in [0.15, 0.2) is 35.3 Å². The normalized spacial score (nSPS) is 13.2. The minimum Gasteiger partial charge on any atom is -0.320 e. The van der Waals surface area contributed by atoms with Gasteiger partial charge in [-0.1, -0.05) is 37.3 Å². The van der Waals surface area contributed by atoms with Crippen LogP contribution in [-0.4, -0.2) is 26.4 Å². The van der Waals surface area contributed by atoms with Crippen molar-refractivity contribution < 1.29 is 0 Å². The molecule has 82 valence electrons. The molecule has 0 aliphatic rings. The van der Waals surface area contributed by atoms with Gasteiger partial charge in [-0.3, -0.25) is 4.99 Å². The maximum atomic E-state index is 4.44. The Kier molecular flexibility index (Phi) is 5.71. The molecule has 0 aliphatic heterocycles. The minimum atomic E-state index is 0.650. The van der Waals surface area contributed by atoms with Crippen LogP contribution in [-0.2, 0) is 0 Å². The molecule has 1 aromatic carbocycles. The summed E-state index contributed by atoms with van der Waals surface area (Å²) in [6.07, 6.45) is 3.14. The van der Waals surface area contributed by atoms with Crippen molar-refractivity contribution >= 4 is 6.21 Å². The van der Waals surface area contributed by atoms with E-state index < -0.39 is 0 Å². The summed E-state index contributed by atoms with van der Waals surface area (Å²) < 4.78 is 0. The molecule has 15 heavy (non-hydrogen) atoms. The maximum Gasteiger partial charge on any atom is 0.0415 e. The van der Waals surface area contributed by atoms with Crippen LogP contribution in [0, 0.1) is 5.92 Å². The summed E-state index contributed by atoms with van der Waals surface area (Å²) >= 11 is 0. The van der Waals surface area contributed by atoms with E-state index in [4.69, 9.17) is 0 Å². The average Bonchev–Trinajstić information content (AvgIpc) is 2.28. The Hall–Kier alpha value is -1.15. The van der Waals surface area contributed by atoms with E-state index >= 15 is 0 Å². The molecule has 0 aromatic heterocycles. The van der Waals surface area contributed by atoms with Crippen LogP contribution in [0.25, 0.3) is 0 Å². The molecule has 1 N–H and O–H groups in total. The zero-order valence-electron chi connectivity index (χ0n) is 9.61. The molecule has 0 saturated carbocycles. The first-order chi connectivity index (χ1) is 7.33. The molecule has 1 atom stereocenters. The van der Waals surface area contributed by atoms with Crippen molar-refractivity contribution in [2.24, 2.45) is 10.9 Å². The SMILES string of the molecule is CNCCC(C)CN=Cc1ccccc1.